The smallest absolute Gasteiger partial charge is 0.249 e. The molecule has 0 radical (unpaired) electrons. The second-order valence-electron chi connectivity index (χ2n) is 4.43. The van der Waals surface area contributed by atoms with Gasteiger partial charge >= 0.3 is 0 Å². The van der Waals surface area contributed by atoms with E-state index in [1.165, 1.54) is 6.08 Å². The third-order valence-electron chi connectivity index (χ3n) is 2.91. The van der Waals surface area contributed by atoms with E-state index in [0.29, 0.717) is 21.5 Å². The van der Waals surface area contributed by atoms with Gasteiger partial charge in [0.15, 0.2) is 5.65 Å². The van der Waals surface area contributed by atoms with E-state index >= 15 is 0 Å². The number of hydrogen-bond donors (Lipinski definition) is 1. The molecule has 2 aromatic heterocycles. The van der Waals surface area contributed by atoms with Crippen molar-refractivity contribution in [2.45, 2.75) is 0 Å². The lowest BCUT2D eigenvalue weighted by Gasteiger charge is -2.04. The van der Waals surface area contributed by atoms with Gasteiger partial charge in [-0.3, -0.25) is 4.79 Å². The lowest BCUT2D eigenvalue weighted by molar-refractivity contribution is -0.111. The second kappa shape index (κ2) is 6.17. The number of fused-ring (bicyclic) bond motifs is 1. The van der Waals surface area contributed by atoms with Gasteiger partial charge in [0.1, 0.15) is 5.82 Å². The minimum atomic E-state index is -0.283. The highest BCUT2D eigenvalue weighted by Gasteiger charge is 2.04. The first-order chi connectivity index (χ1) is 10.6. The van der Waals surface area contributed by atoms with Crippen molar-refractivity contribution in [2.75, 3.05) is 5.32 Å². The van der Waals surface area contributed by atoms with Crippen molar-refractivity contribution in [3.05, 3.63) is 64.4 Å². The predicted molar refractivity (Wildman–Crippen MR) is 87.1 cm³/mol. The summed E-state index contributed by atoms with van der Waals surface area (Å²) in [4.78, 5) is 16.1. The standard InChI is InChI=1S/C15H10Cl2N4O/c16-11-3-1-10(9-12(11)17)2-4-15(22)20-14-5-7-18-13-6-8-19-21(13)14/h1-9H,(H,20,22)/b4-2+. The number of nitrogens with one attached hydrogen (secondary N) is 1. The maximum atomic E-state index is 12.0. The van der Waals surface area contributed by atoms with Crippen molar-refractivity contribution in [1.29, 1.82) is 0 Å². The van der Waals surface area contributed by atoms with Crippen LogP contribution in [0.2, 0.25) is 10.0 Å². The maximum Gasteiger partial charge on any atom is 0.249 e. The molecule has 0 fully saturated rings. The highest BCUT2D eigenvalue weighted by Crippen LogP contribution is 2.23. The summed E-state index contributed by atoms with van der Waals surface area (Å²) in [6, 6.07) is 8.56. The zero-order valence-electron chi connectivity index (χ0n) is 11.2. The molecule has 5 nitrogen and oxygen atoms in total. The Hall–Kier alpha value is -2.37. The van der Waals surface area contributed by atoms with Gasteiger partial charge in [-0.05, 0) is 29.8 Å². The number of anilines is 1. The molecule has 0 saturated heterocycles. The number of nitrogens with zero attached hydrogens (tertiary/aromatic N) is 3. The molecule has 0 spiro atoms. The lowest BCUT2D eigenvalue weighted by atomic mass is 10.2. The van der Waals surface area contributed by atoms with Crippen molar-refractivity contribution in [2.24, 2.45) is 0 Å². The fourth-order valence-corrected chi connectivity index (χ4v) is 2.19. The van der Waals surface area contributed by atoms with Gasteiger partial charge in [0.25, 0.3) is 0 Å². The Balaban J connectivity index is 1.76. The van der Waals surface area contributed by atoms with E-state index in [9.17, 15) is 4.79 Å². The van der Waals surface area contributed by atoms with E-state index in [-0.39, 0.29) is 5.91 Å². The summed E-state index contributed by atoms with van der Waals surface area (Å²) in [5.41, 5.74) is 1.44. The number of carbonyl (C=O) groups is 1. The Morgan fingerprint density at radius 1 is 1.14 bits per heavy atom. The highest BCUT2D eigenvalue weighted by molar-refractivity contribution is 6.42. The van der Waals surface area contributed by atoms with E-state index < -0.39 is 0 Å². The molecule has 0 saturated carbocycles. The Morgan fingerprint density at radius 2 is 2.00 bits per heavy atom. The molecular formula is C15H10Cl2N4O. The molecule has 3 rings (SSSR count). The number of amides is 1. The highest BCUT2D eigenvalue weighted by atomic mass is 35.5. The normalized spacial score (nSPS) is 11.2. The zero-order valence-corrected chi connectivity index (χ0v) is 12.7. The van der Waals surface area contributed by atoms with Crippen LogP contribution >= 0.6 is 23.2 Å². The van der Waals surface area contributed by atoms with Gasteiger partial charge in [-0.2, -0.15) is 9.61 Å². The van der Waals surface area contributed by atoms with Crippen LogP contribution < -0.4 is 5.32 Å². The molecule has 110 valence electrons. The van der Waals surface area contributed by atoms with Gasteiger partial charge in [0, 0.05) is 18.3 Å². The molecule has 1 aromatic carbocycles. The van der Waals surface area contributed by atoms with Crippen LogP contribution in [0.25, 0.3) is 11.7 Å². The molecule has 22 heavy (non-hydrogen) atoms. The average molecular weight is 333 g/mol. The summed E-state index contributed by atoms with van der Waals surface area (Å²) in [5.74, 6) is 0.257. The first-order valence-corrected chi connectivity index (χ1v) is 7.12. The van der Waals surface area contributed by atoms with E-state index in [4.69, 9.17) is 23.2 Å². The van der Waals surface area contributed by atoms with Gasteiger partial charge in [-0.25, -0.2) is 4.98 Å². The van der Waals surface area contributed by atoms with Gasteiger partial charge in [0.05, 0.1) is 16.2 Å². The third-order valence-corrected chi connectivity index (χ3v) is 3.65. The Morgan fingerprint density at radius 3 is 2.82 bits per heavy atom. The second-order valence-corrected chi connectivity index (χ2v) is 5.24. The van der Waals surface area contributed by atoms with E-state index in [1.54, 1.807) is 53.3 Å². The van der Waals surface area contributed by atoms with Crippen LogP contribution in [0.3, 0.4) is 0 Å². The largest absolute Gasteiger partial charge is 0.307 e. The predicted octanol–water partition coefficient (Wildman–Crippen LogP) is 3.69. The number of hydrogen-bond acceptors (Lipinski definition) is 3. The maximum absolute atomic E-state index is 12.0. The molecule has 7 heteroatoms. The topological polar surface area (TPSA) is 59.3 Å². The van der Waals surface area contributed by atoms with Crippen LogP contribution in [0, 0.1) is 0 Å². The fraction of sp³-hybridized carbons (Fsp3) is 0. The van der Waals surface area contributed by atoms with Crippen LogP contribution in [0.5, 0.6) is 0 Å². The zero-order chi connectivity index (χ0) is 15.5. The number of halogens is 2. The monoisotopic (exact) mass is 332 g/mol. The molecular weight excluding hydrogens is 323 g/mol. The van der Waals surface area contributed by atoms with Crippen molar-refractivity contribution in [3.8, 4) is 0 Å². The summed E-state index contributed by atoms with van der Waals surface area (Å²) in [7, 11) is 0. The molecule has 3 aromatic rings. The molecule has 0 aliphatic heterocycles. The van der Waals surface area contributed by atoms with Crippen molar-refractivity contribution < 1.29 is 4.79 Å². The Bertz CT molecular complexity index is 873. The molecule has 2 heterocycles. The number of benzene rings is 1. The molecule has 1 N–H and O–H groups in total. The van der Waals surface area contributed by atoms with Gasteiger partial charge in [-0.1, -0.05) is 29.3 Å². The molecule has 0 aliphatic rings. The summed E-state index contributed by atoms with van der Waals surface area (Å²) < 4.78 is 1.55. The minimum absolute atomic E-state index is 0.283. The van der Waals surface area contributed by atoms with Crippen molar-refractivity contribution in [3.63, 3.8) is 0 Å². The Labute approximate surface area is 136 Å². The average Bonchev–Trinajstić information content (AvgIpc) is 2.98. The summed E-state index contributed by atoms with van der Waals surface area (Å²) >= 11 is 11.8. The van der Waals surface area contributed by atoms with Gasteiger partial charge < -0.3 is 5.32 Å². The molecule has 0 bridgehead atoms. The first kappa shape index (κ1) is 14.6. The van der Waals surface area contributed by atoms with Crippen molar-refractivity contribution in [1.82, 2.24) is 14.6 Å². The third kappa shape index (κ3) is 3.10. The van der Waals surface area contributed by atoms with Crippen LogP contribution in [-0.2, 0) is 4.79 Å². The van der Waals surface area contributed by atoms with Gasteiger partial charge in [0.2, 0.25) is 5.91 Å². The molecule has 1 amide bonds. The molecule has 0 aliphatic carbocycles. The quantitative estimate of drug-likeness (QED) is 0.744. The summed E-state index contributed by atoms with van der Waals surface area (Å²) in [6.07, 6.45) is 6.28. The fourth-order valence-electron chi connectivity index (χ4n) is 1.89. The summed E-state index contributed by atoms with van der Waals surface area (Å²) in [5, 5.41) is 7.75. The SMILES string of the molecule is O=C(/C=C/c1ccc(Cl)c(Cl)c1)Nc1ccnc2ccnn12. The molecule has 0 unspecified atom stereocenters. The van der Waals surface area contributed by atoms with E-state index in [2.05, 4.69) is 15.4 Å². The number of rotatable bonds is 3. The van der Waals surface area contributed by atoms with Crippen molar-refractivity contribution >= 4 is 46.7 Å². The minimum Gasteiger partial charge on any atom is -0.307 e. The molecule has 0 atom stereocenters. The number of aromatic nitrogens is 3. The van der Waals surface area contributed by atoms with Crippen LogP contribution in [-0.4, -0.2) is 20.5 Å². The van der Waals surface area contributed by atoms with Crippen LogP contribution in [0.15, 0.2) is 48.8 Å². The van der Waals surface area contributed by atoms with Gasteiger partial charge in [-0.15, -0.1) is 0 Å². The number of carbonyl (C=O) groups excluding carboxylic acids is 1. The lowest BCUT2D eigenvalue weighted by Crippen LogP contribution is -2.11. The first-order valence-electron chi connectivity index (χ1n) is 6.36. The summed E-state index contributed by atoms with van der Waals surface area (Å²) in [6.45, 7) is 0. The van der Waals surface area contributed by atoms with Crippen LogP contribution in [0.1, 0.15) is 5.56 Å². The van der Waals surface area contributed by atoms with Crippen LogP contribution in [0.4, 0.5) is 5.82 Å². The van der Waals surface area contributed by atoms with E-state index in [1.807, 2.05) is 0 Å². The Kier molecular flexibility index (Phi) is 4.09. The van der Waals surface area contributed by atoms with E-state index in [0.717, 1.165) is 5.56 Å².